The Kier molecular flexibility index (Phi) is 7.33. The first kappa shape index (κ1) is 17.8. The molecule has 0 amide bonds. The van der Waals surface area contributed by atoms with Crippen LogP contribution in [0.25, 0.3) is 0 Å². The maximum absolute atomic E-state index is 10.4. The molecule has 14 heteroatoms. The van der Waals surface area contributed by atoms with E-state index in [1.54, 1.807) is 0 Å². The molecule has 0 saturated carbocycles. The third-order valence-corrected chi connectivity index (χ3v) is 2.60. The Balaban J connectivity index is 4.34. The molecule has 0 fully saturated rings. The van der Waals surface area contributed by atoms with Crippen LogP contribution in [-0.4, -0.2) is 54.0 Å². The monoisotopic (exact) mass is 330 g/mol. The van der Waals surface area contributed by atoms with E-state index in [2.05, 4.69) is 12.5 Å². The first-order valence-corrected chi connectivity index (χ1v) is 7.77. The SMILES string of the molecule is O=S(O)OCC(CCOS(=O)(=O)O)OS(=O)(=O)O. The predicted octanol–water partition coefficient (Wildman–Crippen LogP) is -1.46. The molecular formula is C4H10O11S3. The largest absolute Gasteiger partial charge is 0.397 e. The van der Waals surface area contributed by atoms with Crippen LogP contribution in [0.2, 0.25) is 0 Å². The second kappa shape index (κ2) is 7.41. The Labute approximate surface area is 105 Å². The van der Waals surface area contributed by atoms with Crippen molar-refractivity contribution in [1.82, 2.24) is 0 Å². The van der Waals surface area contributed by atoms with E-state index in [4.69, 9.17) is 13.7 Å². The summed E-state index contributed by atoms with van der Waals surface area (Å²) in [5.41, 5.74) is 0. The molecule has 0 bridgehead atoms. The Morgan fingerprint density at radius 2 is 1.67 bits per heavy atom. The molecule has 110 valence electrons. The van der Waals surface area contributed by atoms with E-state index in [1.165, 1.54) is 0 Å². The average molecular weight is 330 g/mol. The van der Waals surface area contributed by atoms with Crippen molar-refractivity contribution in [3.63, 3.8) is 0 Å². The van der Waals surface area contributed by atoms with Crippen LogP contribution in [0.4, 0.5) is 0 Å². The molecule has 0 aliphatic heterocycles. The molecule has 0 aliphatic carbocycles. The molecule has 0 rings (SSSR count). The lowest BCUT2D eigenvalue weighted by Gasteiger charge is -2.13. The molecule has 0 aromatic heterocycles. The van der Waals surface area contributed by atoms with E-state index in [-0.39, 0.29) is 0 Å². The van der Waals surface area contributed by atoms with E-state index in [9.17, 15) is 21.0 Å². The van der Waals surface area contributed by atoms with Crippen LogP contribution in [0.1, 0.15) is 6.42 Å². The third kappa shape index (κ3) is 12.3. The Hall–Kier alpha value is -0.190. The van der Waals surface area contributed by atoms with E-state index in [0.29, 0.717) is 0 Å². The van der Waals surface area contributed by atoms with Gasteiger partial charge in [0.15, 0.2) is 0 Å². The highest BCUT2D eigenvalue weighted by molar-refractivity contribution is 7.81. The van der Waals surface area contributed by atoms with Gasteiger partial charge in [0.2, 0.25) is 0 Å². The molecule has 11 nitrogen and oxygen atoms in total. The van der Waals surface area contributed by atoms with Crippen LogP contribution in [0.3, 0.4) is 0 Å². The molecule has 0 aromatic rings. The zero-order valence-electron chi connectivity index (χ0n) is 8.53. The zero-order chi connectivity index (χ0) is 14.4. The molecule has 0 spiro atoms. The van der Waals surface area contributed by atoms with Crippen LogP contribution in [0.15, 0.2) is 0 Å². The lowest BCUT2D eigenvalue weighted by molar-refractivity contribution is 0.0989. The Bertz CT molecular complexity index is 463. The topological polar surface area (TPSA) is 174 Å². The molecule has 2 atom stereocenters. The highest BCUT2D eigenvalue weighted by Crippen LogP contribution is 2.06. The lowest BCUT2D eigenvalue weighted by atomic mass is 10.3. The maximum atomic E-state index is 10.4. The summed E-state index contributed by atoms with van der Waals surface area (Å²) in [6.45, 7) is -1.43. The van der Waals surface area contributed by atoms with Crippen molar-refractivity contribution in [3.05, 3.63) is 0 Å². The predicted molar refractivity (Wildman–Crippen MR) is 55.3 cm³/mol. The molecule has 0 heterocycles. The Morgan fingerprint density at radius 3 is 2.06 bits per heavy atom. The molecule has 0 aromatic carbocycles. The number of rotatable bonds is 9. The van der Waals surface area contributed by atoms with Crippen molar-refractivity contribution in [1.29, 1.82) is 0 Å². The summed E-state index contributed by atoms with van der Waals surface area (Å²) in [5.74, 6) is 0. The smallest absolute Gasteiger partial charge is 0.284 e. The summed E-state index contributed by atoms with van der Waals surface area (Å²) in [6.07, 6.45) is -1.94. The summed E-state index contributed by atoms with van der Waals surface area (Å²) < 4.78 is 88.0. The summed E-state index contributed by atoms with van der Waals surface area (Å²) in [5, 5.41) is 0. The van der Waals surface area contributed by atoms with Gasteiger partial charge in [-0.2, -0.15) is 21.0 Å². The van der Waals surface area contributed by atoms with Gasteiger partial charge in [-0.15, -0.1) is 0 Å². The van der Waals surface area contributed by atoms with E-state index < -0.39 is 57.9 Å². The van der Waals surface area contributed by atoms with Gasteiger partial charge in [-0.3, -0.25) is 17.8 Å². The number of hydrogen-bond acceptors (Lipinski definition) is 8. The fraction of sp³-hybridized carbons (Fsp3) is 1.00. The van der Waals surface area contributed by atoms with Crippen molar-refractivity contribution in [2.45, 2.75) is 12.5 Å². The molecule has 18 heavy (non-hydrogen) atoms. The zero-order valence-corrected chi connectivity index (χ0v) is 11.0. The van der Waals surface area contributed by atoms with Gasteiger partial charge < -0.3 is 0 Å². The number of hydrogen-bond donors (Lipinski definition) is 3. The fourth-order valence-corrected chi connectivity index (χ4v) is 1.82. The van der Waals surface area contributed by atoms with Crippen LogP contribution < -0.4 is 0 Å². The van der Waals surface area contributed by atoms with Gasteiger partial charge in [0, 0.05) is 6.42 Å². The Morgan fingerprint density at radius 1 is 1.11 bits per heavy atom. The minimum atomic E-state index is -4.87. The summed E-state index contributed by atoms with van der Waals surface area (Å²) in [4.78, 5) is 0. The van der Waals surface area contributed by atoms with Gasteiger partial charge in [0.05, 0.1) is 13.2 Å². The molecule has 3 N–H and O–H groups in total. The van der Waals surface area contributed by atoms with Gasteiger partial charge >= 0.3 is 32.2 Å². The van der Waals surface area contributed by atoms with Gasteiger partial charge in [-0.1, -0.05) is 0 Å². The molecule has 0 aliphatic rings. The van der Waals surface area contributed by atoms with Crippen molar-refractivity contribution < 1.29 is 47.3 Å². The van der Waals surface area contributed by atoms with Gasteiger partial charge in [-0.05, 0) is 0 Å². The van der Waals surface area contributed by atoms with E-state index >= 15 is 0 Å². The van der Waals surface area contributed by atoms with Crippen LogP contribution in [0.5, 0.6) is 0 Å². The van der Waals surface area contributed by atoms with Crippen molar-refractivity contribution >= 4 is 32.2 Å². The maximum Gasteiger partial charge on any atom is 0.397 e. The lowest BCUT2D eigenvalue weighted by Crippen LogP contribution is -2.26. The first-order chi connectivity index (χ1) is 7.99. The molecular weight excluding hydrogens is 320 g/mol. The minimum absolute atomic E-state index is 0.462. The van der Waals surface area contributed by atoms with Gasteiger partial charge in [0.25, 0.3) is 0 Å². The molecule has 2 unspecified atom stereocenters. The van der Waals surface area contributed by atoms with Gasteiger partial charge in [0.1, 0.15) is 6.10 Å². The van der Waals surface area contributed by atoms with E-state index in [0.717, 1.165) is 0 Å². The molecule has 0 saturated heterocycles. The second-order valence-electron chi connectivity index (χ2n) is 2.69. The first-order valence-electron chi connectivity index (χ1n) is 4.01. The fourth-order valence-electron chi connectivity index (χ4n) is 0.750. The van der Waals surface area contributed by atoms with Crippen LogP contribution in [-0.2, 0) is 44.7 Å². The van der Waals surface area contributed by atoms with Gasteiger partial charge in [-0.25, -0.2) is 8.37 Å². The van der Waals surface area contributed by atoms with Crippen molar-refractivity contribution in [2.24, 2.45) is 0 Å². The van der Waals surface area contributed by atoms with Crippen molar-refractivity contribution in [3.8, 4) is 0 Å². The van der Waals surface area contributed by atoms with Crippen LogP contribution >= 0.6 is 0 Å². The normalized spacial score (nSPS) is 16.4. The average Bonchev–Trinajstić information content (AvgIpc) is 2.09. The van der Waals surface area contributed by atoms with Crippen LogP contribution in [0, 0.1) is 0 Å². The summed E-state index contributed by atoms with van der Waals surface area (Å²) in [7, 11) is -9.58. The van der Waals surface area contributed by atoms with E-state index in [1.807, 2.05) is 0 Å². The highest BCUT2D eigenvalue weighted by atomic mass is 32.3. The summed E-state index contributed by atoms with van der Waals surface area (Å²) >= 11 is -2.70. The quantitative estimate of drug-likeness (QED) is 0.333. The second-order valence-corrected chi connectivity index (χ2v) is 5.49. The highest BCUT2D eigenvalue weighted by Gasteiger charge is 2.19. The third-order valence-electron chi connectivity index (χ3n) is 1.28. The summed E-state index contributed by atoms with van der Waals surface area (Å²) in [6, 6.07) is 0. The van der Waals surface area contributed by atoms with Crippen molar-refractivity contribution in [2.75, 3.05) is 13.2 Å². The minimum Gasteiger partial charge on any atom is -0.284 e. The standard InChI is InChI=1S/C4H10O11S3/c5-16(6)13-3-4(15-18(10,11)12)1-2-14-17(7,8)9/h4H,1-3H2,(H,5,6)(H,7,8,9)(H,10,11,12). The molecule has 0 radical (unpaired) electrons.